The molecule has 0 bridgehead atoms. The van der Waals surface area contributed by atoms with Crippen molar-refractivity contribution in [2.75, 3.05) is 5.32 Å². The summed E-state index contributed by atoms with van der Waals surface area (Å²) in [4.78, 5) is 22.4. The smallest absolute Gasteiger partial charge is 0.339 e. The molecular weight excluding hydrogens is 262 g/mol. The second kappa shape index (κ2) is 5.92. The number of furan rings is 1. The van der Waals surface area contributed by atoms with Crippen LogP contribution in [0.1, 0.15) is 22.5 Å². The fourth-order valence-electron chi connectivity index (χ4n) is 1.71. The number of carboxylic acids is 1. The minimum Gasteiger partial charge on any atom is -0.507 e. The maximum absolute atomic E-state index is 11.7. The predicted molar refractivity (Wildman–Crippen MR) is 70.7 cm³/mol. The zero-order valence-electron chi connectivity index (χ0n) is 10.5. The van der Waals surface area contributed by atoms with E-state index in [2.05, 4.69) is 5.32 Å². The number of nitrogens with one attached hydrogen (secondary N) is 1. The maximum atomic E-state index is 11.7. The number of carbonyl (C=O) groups excluding carboxylic acids is 1. The molecule has 0 aliphatic heterocycles. The molecule has 20 heavy (non-hydrogen) atoms. The van der Waals surface area contributed by atoms with E-state index in [9.17, 15) is 14.7 Å². The Bertz CT molecular complexity index is 618. The Morgan fingerprint density at radius 1 is 1.25 bits per heavy atom. The molecule has 0 radical (unpaired) electrons. The van der Waals surface area contributed by atoms with Gasteiger partial charge in [0.05, 0.1) is 6.26 Å². The molecule has 0 aliphatic carbocycles. The van der Waals surface area contributed by atoms with Crippen LogP contribution in [0.2, 0.25) is 0 Å². The number of carboxylic acid groups (broad SMARTS) is 1. The summed E-state index contributed by atoms with van der Waals surface area (Å²) in [6, 6.07) is 7.39. The molecule has 1 aromatic heterocycles. The van der Waals surface area contributed by atoms with Gasteiger partial charge >= 0.3 is 5.97 Å². The van der Waals surface area contributed by atoms with E-state index in [4.69, 9.17) is 9.52 Å². The van der Waals surface area contributed by atoms with Gasteiger partial charge in [0.1, 0.15) is 17.1 Å². The molecule has 0 spiro atoms. The maximum Gasteiger partial charge on any atom is 0.339 e. The van der Waals surface area contributed by atoms with Crippen LogP contribution in [-0.4, -0.2) is 22.1 Å². The molecule has 6 heteroatoms. The molecule has 2 rings (SSSR count). The van der Waals surface area contributed by atoms with E-state index in [-0.39, 0.29) is 23.6 Å². The highest BCUT2D eigenvalue weighted by molar-refractivity contribution is 5.94. The number of aromatic hydroxyl groups is 1. The molecular formula is C14H13NO5. The highest BCUT2D eigenvalue weighted by atomic mass is 16.4. The summed E-state index contributed by atoms with van der Waals surface area (Å²) in [5.41, 5.74) is 0.135. The predicted octanol–water partition coefficient (Wildman–Crippen LogP) is 2.25. The summed E-state index contributed by atoms with van der Waals surface area (Å²) in [5, 5.41) is 20.9. The Labute approximate surface area is 114 Å². The van der Waals surface area contributed by atoms with Gasteiger partial charge in [0.2, 0.25) is 5.91 Å². The van der Waals surface area contributed by atoms with E-state index in [1.165, 1.54) is 24.5 Å². The fraction of sp³-hybridized carbons (Fsp3) is 0.143. The third kappa shape index (κ3) is 3.38. The van der Waals surface area contributed by atoms with Crippen LogP contribution >= 0.6 is 0 Å². The summed E-state index contributed by atoms with van der Waals surface area (Å²) < 4.78 is 5.11. The number of rotatable bonds is 5. The van der Waals surface area contributed by atoms with Crippen molar-refractivity contribution in [2.45, 2.75) is 12.8 Å². The first-order valence-corrected chi connectivity index (χ1v) is 5.95. The molecule has 0 aliphatic rings. The minimum atomic E-state index is -1.22. The van der Waals surface area contributed by atoms with Crippen molar-refractivity contribution in [3.63, 3.8) is 0 Å². The number of benzene rings is 1. The molecule has 6 nitrogen and oxygen atoms in total. The van der Waals surface area contributed by atoms with Crippen LogP contribution in [0.3, 0.4) is 0 Å². The van der Waals surface area contributed by atoms with Crippen molar-refractivity contribution >= 4 is 17.6 Å². The van der Waals surface area contributed by atoms with Crippen molar-refractivity contribution in [1.82, 2.24) is 0 Å². The molecule has 0 saturated heterocycles. The van der Waals surface area contributed by atoms with Crippen molar-refractivity contribution in [3.8, 4) is 5.75 Å². The lowest BCUT2D eigenvalue weighted by atomic mass is 10.1. The van der Waals surface area contributed by atoms with E-state index in [1.54, 1.807) is 12.1 Å². The number of hydrogen-bond donors (Lipinski definition) is 3. The Morgan fingerprint density at radius 3 is 2.65 bits per heavy atom. The average Bonchev–Trinajstić information content (AvgIpc) is 2.89. The monoisotopic (exact) mass is 275 g/mol. The first-order valence-electron chi connectivity index (χ1n) is 5.95. The number of hydrogen-bond acceptors (Lipinski definition) is 4. The third-order valence-corrected chi connectivity index (χ3v) is 2.69. The summed E-state index contributed by atoms with van der Waals surface area (Å²) in [7, 11) is 0. The van der Waals surface area contributed by atoms with Gasteiger partial charge in [-0.15, -0.1) is 0 Å². The van der Waals surface area contributed by atoms with Crippen LogP contribution in [0.25, 0.3) is 0 Å². The zero-order chi connectivity index (χ0) is 14.5. The van der Waals surface area contributed by atoms with Crippen LogP contribution in [-0.2, 0) is 11.2 Å². The lowest BCUT2D eigenvalue weighted by molar-refractivity contribution is -0.116. The molecule has 1 amide bonds. The normalized spacial score (nSPS) is 10.2. The topological polar surface area (TPSA) is 99.8 Å². The number of aromatic carboxylic acids is 1. The van der Waals surface area contributed by atoms with E-state index >= 15 is 0 Å². The molecule has 0 saturated carbocycles. The van der Waals surface area contributed by atoms with E-state index in [1.807, 2.05) is 0 Å². The Balaban J connectivity index is 1.94. The second-order valence-electron chi connectivity index (χ2n) is 4.16. The molecule has 0 atom stereocenters. The van der Waals surface area contributed by atoms with Crippen LogP contribution in [0.4, 0.5) is 5.69 Å². The number of anilines is 1. The summed E-state index contributed by atoms with van der Waals surface area (Å²) in [6.45, 7) is 0. The fourth-order valence-corrected chi connectivity index (χ4v) is 1.71. The van der Waals surface area contributed by atoms with Crippen LogP contribution in [0.15, 0.2) is 41.0 Å². The first-order chi connectivity index (χ1) is 9.56. The van der Waals surface area contributed by atoms with Gasteiger partial charge in [-0.2, -0.15) is 0 Å². The van der Waals surface area contributed by atoms with Crippen molar-refractivity contribution in [3.05, 3.63) is 47.9 Å². The van der Waals surface area contributed by atoms with Gasteiger partial charge in [-0.25, -0.2) is 4.79 Å². The van der Waals surface area contributed by atoms with Gasteiger partial charge in [0, 0.05) is 24.6 Å². The van der Waals surface area contributed by atoms with E-state index in [0.717, 1.165) is 0 Å². The van der Waals surface area contributed by atoms with Gasteiger partial charge in [0.25, 0.3) is 0 Å². The lowest BCUT2D eigenvalue weighted by Gasteiger charge is -2.06. The summed E-state index contributed by atoms with van der Waals surface area (Å²) >= 11 is 0. The summed E-state index contributed by atoms with van der Waals surface area (Å²) in [5.74, 6) is -1.15. The largest absolute Gasteiger partial charge is 0.507 e. The molecule has 1 heterocycles. The first kappa shape index (κ1) is 13.7. The number of aryl methyl sites for hydroxylation is 1. The van der Waals surface area contributed by atoms with Crippen LogP contribution in [0, 0.1) is 0 Å². The molecule has 3 N–H and O–H groups in total. The Hall–Kier alpha value is -2.76. The standard InChI is InChI=1S/C14H13NO5/c16-12-8-9(3-5-11(12)14(18)19)15-13(17)6-4-10-2-1-7-20-10/h1-3,5,7-8,16H,4,6H2,(H,15,17)(H,18,19). The molecule has 0 unspecified atom stereocenters. The number of amides is 1. The molecule has 0 fully saturated rings. The van der Waals surface area contributed by atoms with Gasteiger partial charge in [-0.1, -0.05) is 0 Å². The third-order valence-electron chi connectivity index (χ3n) is 2.69. The SMILES string of the molecule is O=C(CCc1ccco1)Nc1ccc(C(=O)O)c(O)c1. The van der Waals surface area contributed by atoms with Gasteiger partial charge in [-0.3, -0.25) is 4.79 Å². The van der Waals surface area contributed by atoms with E-state index < -0.39 is 5.97 Å². The minimum absolute atomic E-state index is 0.210. The van der Waals surface area contributed by atoms with Crippen molar-refractivity contribution in [1.29, 1.82) is 0 Å². The quantitative estimate of drug-likeness (QED) is 0.777. The number of phenols is 1. The van der Waals surface area contributed by atoms with Gasteiger partial charge < -0.3 is 19.9 Å². The van der Waals surface area contributed by atoms with Crippen LogP contribution in [0.5, 0.6) is 5.75 Å². The molecule has 104 valence electrons. The molecule has 1 aromatic carbocycles. The van der Waals surface area contributed by atoms with Crippen LogP contribution < -0.4 is 5.32 Å². The zero-order valence-corrected chi connectivity index (χ0v) is 10.5. The molecule has 2 aromatic rings. The van der Waals surface area contributed by atoms with Crippen molar-refractivity contribution in [2.24, 2.45) is 0 Å². The van der Waals surface area contributed by atoms with Gasteiger partial charge in [0.15, 0.2) is 0 Å². The second-order valence-corrected chi connectivity index (χ2v) is 4.16. The highest BCUT2D eigenvalue weighted by Crippen LogP contribution is 2.22. The Morgan fingerprint density at radius 2 is 2.05 bits per heavy atom. The highest BCUT2D eigenvalue weighted by Gasteiger charge is 2.11. The van der Waals surface area contributed by atoms with Gasteiger partial charge in [-0.05, 0) is 24.3 Å². The Kier molecular flexibility index (Phi) is 4.05. The number of carbonyl (C=O) groups is 2. The summed E-state index contributed by atoms with van der Waals surface area (Å²) in [6.07, 6.45) is 2.24. The van der Waals surface area contributed by atoms with Crippen molar-refractivity contribution < 1.29 is 24.2 Å². The lowest BCUT2D eigenvalue weighted by Crippen LogP contribution is -2.12. The van der Waals surface area contributed by atoms with E-state index in [0.29, 0.717) is 17.9 Å². The average molecular weight is 275 g/mol.